The lowest BCUT2D eigenvalue weighted by atomic mass is 9.75. The lowest BCUT2D eigenvalue weighted by Gasteiger charge is -2.43. The molecule has 1 aromatic carbocycles. The summed E-state index contributed by atoms with van der Waals surface area (Å²) in [4.78, 5) is 14.5. The lowest BCUT2D eigenvalue weighted by molar-refractivity contribution is 0.103. The summed E-state index contributed by atoms with van der Waals surface area (Å²) in [5.41, 5.74) is 2.14. The Bertz CT molecular complexity index is 731. The van der Waals surface area contributed by atoms with Gasteiger partial charge in [0.25, 0.3) is 5.56 Å². The van der Waals surface area contributed by atoms with Crippen molar-refractivity contribution in [3.63, 3.8) is 0 Å². The molecule has 0 bridgehead atoms. The minimum absolute atomic E-state index is 0.0908. The van der Waals surface area contributed by atoms with Gasteiger partial charge in [0.1, 0.15) is 0 Å². The normalized spacial score (nSPS) is 27.8. The van der Waals surface area contributed by atoms with Gasteiger partial charge < -0.3 is 0 Å². The zero-order valence-electron chi connectivity index (χ0n) is 13.6. The van der Waals surface area contributed by atoms with Crippen molar-refractivity contribution in [2.45, 2.75) is 50.6 Å². The van der Waals surface area contributed by atoms with Crippen LogP contribution >= 0.6 is 0 Å². The molecule has 0 unspecified atom stereocenters. The molecule has 4 nitrogen and oxygen atoms in total. The van der Waals surface area contributed by atoms with Crippen molar-refractivity contribution in [2.24, 2.45) is 0 Å². The summed E-state index contributed by atoms with van der Waals surface area (Å²) in [6, 6.07) is 13.1. The van der Waals surface area contributed by atoms with Gasteiger partial charge in [-0.05, 0) is 68.8 Å². The monoisotopic (exact) mass is 309 g/mol. The van der Waals surface area contributed by atoms with Gasteiger partial charge in [-0.2, -0.15) is 9.78 Å². The van der Waals surface area contributed by atoms with Crippen molar-refractivity contribution in [2.75, 3.05) is 6.54 Å². The summed E-state index contributed by atoms with van der Waals surface area (Å²) in [5, 5.41) is 4.13. The van der Waals surface area contributed by atoms with Gasteiger partial charge in [-0.1, -0.05) is 12.1 Å². The molecule has 0 radical (unpaired) electrons. The molecule has 0 N–H and O–H groups in total. The fourth-order valence-electron chi connectivity index (χ4n) is 4.07. The predicted octanol–water partition coefficient (Wildman–Crippen LogP) is 2.96. The third-order valence-electron chi connectivity index (χ3n) is 5.51. The molecular weight excluding hydrogens is 286 g/mol. The first kappa shape index (κ1) is 14.6. The maximum absolute atomic E-state index is 11.8. The largest absolute Gasteiger partial charge is 0.298 e. The van der Waals surface area contributed by atoms with E-state index in [1.807, 2.05) is 12.1 Å². The highest BCUT2D eigenvalue weighted by Gasteiger charge is 2.37. The Kier molecular flexibility index (Phi) is 3.77. The first-order valence-corrected chi connectivity index (χ1v) is 8.63. The quantitative estimate of drug-likeness (QED) is 0.875. The van der Waals surface area contributed by atoms with E-state index in [0.29, 0.717) is 5.92 Å². The average Bonchev–Trinajstić information content (AvgIpc) is 2.93. The number of hydrogen-bond donors (Lipinski definition) is 0. The molecule has 2 aromatic rings. The van der Waals surface area contributed by atoms with Crippen molar-refractivity contribution >= 4 is 0 Å². The molecule has 1 aliphatic carbocycles. The second-order valence-corrected chi connectivity index (χ2v) is 6.92. The molecule has 4 rings (SSSR count). The smallest absolute Gasteiger partial charge is 0.271 e. The third-order valence-corrected chi connectivity index (χ3v) is 5.51. The Morgan fingerprint density at radius 2 is 1.91 bits per heavy atom. The molecule has 1 saturated carbocycles. The summed E-state index contributed by atoms with van der Waals surface area (Å²) in [6.07, 6.45) is 6.90. The van der Waals surface area contributed by atoms with Crippen molar-refractivity contribution < 1.29 is 0 Å². The average molecular weight is 309 g/mol. The van der Waals surface area contributed by atoms with Crippen LogP contribution in [0.2, 0.25) is 0 Å². The Morgan fingerprint density at radius 3 is 2.57 bits per heavy atom. The number of hydrogen-bond acceptors (Lipinski definition) is 3. The standard InChI is InChI=1S/C19H23N3O/c1-14-4-3-11-21(14)18-12-16(13-18)15-6-8-17(9-7-15)22-19(23)5-2-10-20-22/h2,5-10,14,16,18H,3-4,11-13H2,1H3/t14-,16?,18?/m1/s1. The van der Waals surface area contributed by atoms with Gasteiger partial charge in [-0.25, -0.2) is 0 Å². The number of rotatable bonds is 3. The van der Waals surface area contributed by atoms with Crippen molar-refractivity contribution in [1.82, 2.24) is 14.7 Å². The van der Waals surface area contributed by atoms with Crippen LogP contribution in [-0.2, 0) is 0 Å². The Morgan fingerprint density at radius 1 is 1.13 bits per heavy atom. The molecule has 1 atom stereocenters. The van der Waals surface area contributed by atoms with Crippen LogP contribution in [0, 0.1) is 0 Å². The minimum atomic E-state index is -0.0908. The predicted molar refractivity (Wildman–Crippen MR) is 91.0 cm³/mol. The fraction of sp³-hybridized carbons (Fsp3) is 0.474. The first-order chi connectivity index (χ1) is 11.2. The molecule has 23 heavy (non-hydrogen) atoms. The fourth-order valence-corrected chi connectivity index (χ4v) is 4.07. The SMILES string of the molecule is C[C@@H]1CCCN1C1CC(c2ccc(-n3ncccc3=O)cc2)C1. The molecular formula is C19H23N3O. The van der Waals surface area contributed by atoms with Crippen molar-refractivity contribution in [3.05, 3.63) is 58.5 Å². The van der Waals surface area contributed by atoms with Gasteiger partial charge in [-0.3, -0.25) is 9.69 Å². The molecule has 1 aliphatic heterocycles. The van der Waals surface area contributed by atoms with E-state index < -0.39 is 0 Å². The number of nitrogens with zero attached hydrogens (tertiary/aromatic N) is 3. The Hall–Kier alpha value is -1.94. The number of likely N-dealkylation sites (tertiary alicyclic amines) is 1. The highest BCUT2D eigenvalue weighted by atomic mass is 16.1. The van der Waals surface area contributed by atoms with Crippen LogP contribution in [0.15, 0.2) is 47.4 Å². The highest BCUT2D eigenvalue weighted by molar-refractivity contribution is 5.36. The second kappa shape index (κ2) is 5.93. The molecule has 0 amide bonds. The van der Waals surface area contributed by atoms with E-state index >= 15 is 0 Å². The number of benzene rings is 1. The van der Waals surface area contributed by atoms with Gasteiger partial charge in [0, 0.05) is 24.3 Å². The zero-order valence-corrected chi connectivity index (χ0v) is 13.6. The highest BCUT2D eigenvalue weighted by Crippen LogP contribution is 2.42. The van der Waals surface area contributed by atoms with Crippen LogP contribution in [-0.4, -0.2) is 33.3 Å². The topological polar surface area (TPSA) is 38.1 Å². The summed E-state index contributed by atoms with van der Waals surface area (Å²) >= 11 is 0. The van der Waals surface area contributed by atoms with Crippen molar-refractivity contribution in [1.29, 1.82) is 0 Å². The van der Waals surface area contributed by atoms with E-state index in [1.165, 1.54) is 48.5 Å². The Labute approximate surface area is 136 Å². The van der Waals surface area contributed by atoms with Crippen LogP contribution in [0.5, 0.6) is 0 Å². The van der Waals surface area contributed by atoms with Crippen LogP contribution in [0.1, 0.15) is 44.1 Å². The van der Waals surface area contributed by atoms with E-state index in [0.717, 1.165) is 17.8 Å². The van der Waals surface area contributed by atoms with Gasteiger partial charge >= 0.3 is 0 Å². The molecule has 2 aliphatic rings. The maximum atomic E-state index is 11.8. The van der Waals surface area contributed by atoms with Crippen LogP contribution in [0.25, 0.3) is 5.69 Å². The van der Waals surface area contributed by atoms with E-state index in [9.17, 15) is 4.79 Å². The summed E-state index contributed by atoms with van der Waals surface area (Å²) < 4.78 is 1.44. The molecule has 120 valence electrons. The van der Waals surface area contributed by atoms with Gasteiger partial charge in [-0.15, -0.1) is 0 Å². The van der Waals surface area contributed by atoms with Crippen molar-refractivity contribution in [3.8, 4) is 5.69 Å². The maximum Gasteiger partial charge on any atom is 0.271 e. The third kappa shape index (κ3) is 2.72. The van der Waals surface area contributed by atoms with Crippen LogP contribution in [0.3, 0.4) is 0 Å². The van der Waals surface area contributed by atoms with Gasteiger partial charge in [0.15, 0.2) is 0 Å². The summed E-state index contributed by atoms with van der Waals surface area (Å²) in [7, 11) is 0. The summed E-state index contributed by atoms with van der Waals surface area (Å²) in [5.74, 6) is 0.669. The van der Waals surface area contributed by atoms with Crippen LogP contribution < -0.4 is 5.56 Å². The van der Waals surface area contributed by atoms with E-state index in [4.69, 9.17) is 0 Å². The zero-order chi connectivity index (χ0) is 15.8. The molecule has 2 fully saturated rings. The summed E-state index contributed by atoms with van der Waals surface area (Å²) in [6.45, 7) is 3.64. The molecule has 0 spiro atoms. The number of aromatic nitrogens is 2. The first-order valence-electron chi connectivity index (χ1n) is 8.63. The van der Waals surface area contributed by atoms with E-state index in [-0.39, 0.29) is 5.56 Å². The molecule has 4 heteroatoms. The van der Waals surface area contributed by atoms with Gasteiger partial charge in [0.2, 0.25) is 0 Å². The van der Waals surface area contributed by atoms with Gasteiger partial charge in [0.05, 0.1) is 5.69 Å². The Balaban J connectivity index is 1.44. The van der Waals surface area contributed by atoms with Crippen LogP contribution in [0.4, 0.5) is 0 Å². The second-order valence-electron chi connectivity index (χ2n) is 6.92. The molecule has 1 aromatic heterocycles. The van der Waals surface area contributed by atoms with E-state index in [2.05, 4.69) is 29.1 Å². The molecule has 2 heterocycles. The lowest BCUT2D eigenvalue weighted by Crippen LogP contribution is -2.45. The molecule has 1 saturated heterocycles. The minimum Gasteiger partial charge on any atom is -0.298 e. The van der Waals surface area contributed by atoms with E-state index in [1.54, 1.807) is 12.3 Å².